The molecular formula is C10H18O. The van der Waals surface area contributed by atoms with E-state index in [-0.39, 0.29) is 0 Å². The normalized spacial score (nSPS) is 10.7. The standard InChI is InChI=1S/C10H18O/c1-8(2)6-10(5,11)7-9(3)4/h6-7,11H,1-5H3. The molecule has 0 spiro atoms. The Morgan fingerprint density at radius 1 is 1.00 bits per heavy atom. The van der Waals surface area contributed by atoms with E-state index in [1.165, 1.54) is 0 Å². The van der Waals surface area contributed by atoms with Crippen molar-refractivity contribution in [1.29, 1.82) is 0 Å². The molecule has 11 heavy (non-hydrogen) atoms. The van der Waals surface area contributed by atoms with Crippen LogP contribution in [-0.2, 0) is 0 Å². The summed E-state index contributed by atoms with van der Waals surface area (Å²) in [5.41, 5.74) is 1.48. The van der Waals surface area contributed by atoms with E-state index in [2.05, 4.69) is 0 Å². The fourth-order valence-electron chi connectivity index (χ4n) is 1.21. The van der Waals surface area contributed by atoms with Crippen LogP contribution < -0.4 is 0 Å². The van der Waals surface area contributed by atoms with Gasteiger partial charge in [0.15, 0.2) is 0 Å². The van der Waals surface area contributed by atoms with Crippen LogP contribution in [0.4, 0.5) is 0 Å². The Hall–Kier alpha value is -0.560. The minimum atomic E-state index is -0.780. The summed E-state index contributed by atoms with van der Waals surface area (Å²) < 4.78 is 0. The maximum Gasteiger partial charge on any atom is 0.0985 e. The van der Waals surface area contributed by atoms with Crippen LogP contribution in [0.25, 0.3) is 0 Å². The van der Waals surface area contributed by atoms with Gasteiger partial charge >= 0.3 is 0 Å². The van der Waals surface area contributed by atoms with Crippen molar-refractivity contribution in [3.05, 3.63) is 23.3 Å². The van der Waals surface area contributed by atoms with Gasteiger partial charge in [0.2, 0.25) is 0 Å². The second-order valence-corrected chi connectivity index (χ2v) is 3.67. The van der Waals surface area contributed by atoms with Gasteiger partial charge in [0.05, 0.1) is 5.60 Å². The SMILES string of the molecule is CC(C)=CC(C)(O)C=C(C)C. The molecule has 0 saturated carbocycles. The second kappa shape index (κ2) is 3.72. The molecule has 0 aliphatic carbocycles. The summed E-state index contributed by atoms with van der Waals surface area (Å²) in [5.74, 6) is 0. The molecule has 0 radical (unpaired) electrons. The summed E-state index contributed by atoms with van der Waals surface area (Å²) >= 11 is 0. The van der Waals surface area contributed by atoms with E-state index in [0.717, 1.165) is 11.1 Å². The van der Waals surface area contributed by atoms with Crippen LogP contribution in [0, 0.1) is 0 Å². The molecule has 0 rings (SSSR count). The monoisotopic (exact) mass is 154 g/mol. The topological polar surface area (TPSA) is 20.2 Å². The summed E-state index contributed by atoms with van der Waals surface area (Å²) in [6.45, 7) is 9.70. The summed E-state index contributed by atoms with van der Waals surface area (Å²) in [5, 5.41) is 9.70. The molecule has 0 aromatic heterocycles. The van der Waals surface area contributed by atoms with E-state index in [1.54, 1.807) is 6.92 Å². The van der Waals surface area contributed by atoms with Crippen molar-refractivity contribution in [3.8, 4) is 0 Å². The summed E-state index contributed by atoms with van der Waals surface area (Å²) in [6, 6.07) is 0. The van der Waals surface area contributed by atoms with Crippen molar-refractivity contribution in [2.75, 3.05) is 0 Å². The molecule has 0 atom stereocenters. The predicted molar refractivity (Wildman–Crippen MR) is 49.5 cm³/mol. The van der Waals surface area contributed by atoms with Gasteiger partial charge in [0.1, 0.15) is 0 Å². The predicted octanol–water partition coefficient (Wildman–Crippen LogP) is 2.67. The molecule has 0 saturated heterocycles. The Morgan fingerprint density at radius 3 is 1.45 bits per heavy atom. The first-order valence-corrected chi connectivity index (χ1v) is 3.88. The third-order valence-electron chi connectivity index (χ3n) is 1.16. The lowest BCUT2D eigenvalue weighted by atomic mass is 10.0. The van der Waals surface area contributed by atoms with Crippen molar-refractivity contribution in [3.63, 3.8) is 0 Å². The van der Waals surface area contributed by atoms with Gasteiger partial charge in [0, 0.05) is 0 Å². The van der Waals surface area contributed by atoms with Crippen LogP contribution >= 0.6 is 0 Å². The van der Waals surface area contributed by atoms with E-state index in [9.17, 15) is 5.11 Å². The summed E-state index contributed by atoms with van der Waals surface area (Å²) in [6.07, 6.45) is 3.69. The lowest BCUT2D eigenvalue weighted by Gasteiger charge is -2.15. The first kappa shape index (κ1) is 10.4. The number of aliphatic hydroxyl groups is 1. The summed E-state index contributed by atoms with van der Waals surface area (Å²) in [7, 11) is 0. The molecule has 0 aliphatic heterocycles. The maximum absolute atomic E-state index is 9.70. The summed E-state index contributed by atoms with van der Waals surface area (Å²) in [4.78, 5) is 0. The van der Waals surface area contributed by atoms with Gasteiger partial charge in [-0.3, -0.25) is 0 Å². The molecule has 0 amide bonds. The second-order valence-electron chi connectivity index (χ2n) is 3.67. The third-order valence-corrected chi connectivity index (χ3v) is 1.16. The molecular weight excluding hydrogens is 136 g/mol. The molecule has 1 nitrogen and oxygen atoms in total. The highest BCUT2D eigenvalue weighted by molar-refractivity contribution is 5.17. The first-order chi connectivity index (χ1) is 4.83. The van der Waals surface area contributed by atoms with Crippen molar-refractivity contribution < 1.29 is 5.11 Å². The third kappa shape index (κ3) is 5.86. The lowest BCUT2D eigenvalue weighted by molar-refractivity contribution is 0.162. The Morgan fingerprint density at radius 2 is 1.27 bits per heavy atom. The molecule has 1 heteroatoms. The average Bonchev–Trinajstić information content (AvgIpc) is 1.53. The molecule has 0 aromatic carbocycles. The highest BCUT2D eigenvalue weighted by atomic mass is 16.3. The number of allylic oxidation sites excluding steroid dienone is 2. The van der Waals surface area contributed by atoms with Crippen LogP contribution in [0.1, 0.15) is 34.6 Å². The van der Waals surface area contributed by atoms with E-state index in [1.807, 2.05) is 39.8 Å². The van der Waals surface area contributed by atoms with E-state index in [4.69, 9.17) is 0 Å². The molecule has 0 aliphatic rings. The average molecular weight is 154 g/mol. The molecule has 0 fully saturated rings. The van der Waals surface area contributed by atoms with E-state index >= 15 is 0 Å². The van der Waals surface area contributed by atoms with Crippen molar-refractivity contribution in [2.24, 2.45) is 0 Å². The fourth-order valence-corrected chi connectivity index (χ4v) is 1.21. The van der Waals surface area contributed by atoms with Crippen molar-refractivity contribution in [1.82, 2.24) is 0 Å². The van der Waals surface area contributed by atoms with Gasteiger partial charge in [-0.25, -0.2) is 0 Å². The number of hydrogen-bond acceptors (Lipinski definition) is 1. The smallest absolute Gasteiger partial charge is 0.0985 e. The van der Waals surface area contributed by atoms with E-state index in [0.29, 0.717) is 0 Å². The van der Waals surface area contributed by atoms with Gasteiger partial charge < -0.3 is 5.11 Å². The minimum Gasteiger partial charge on any atom is -0.382 e. The van der Waals surface area contributed by atoms with Crippen molar-refractivity contribution in [2.45, 2.75) is 40.2 Å². The minimum absolute atomic E-state index is 0.780. The Labute approximate surface area is 69.4 Å². The Bertz CT molecular complexity index is 157. The van der Waals surface area contributed by atoms with Crippen LogP contribution in [0.2, 0.25) is 0 Å². The van der Waals surface area contributed by atoms with Gasteiger partial charge in [-0.05, 0) is 34.6 Å². The van der Waals surface area contributed by atoms with Gasteiger partial charge in [-0.1, -0.05) is 23.3 Å². The van der Waals surface area contributed by atoms with Crippen LogP contribution in [0.15, 0.2) is 23.3 Å². The van der Waals surface area contributed by atoms with Crippen LogP contribution in [-0.4, -0.2) is 10.7 Å². The van der Waals surface area contributed by atoms with E-state index < -0.39 is 5.60 Å². The molecule has 1 N–H and O–H groups in total. The van der Waals surface area contributed by atoms with Gasteiger partial charge in [-0.15, -0.1) is 0 Å². The highest BCUT2D eigenvalue weighted by Gasteiger charge is 2.11. The molecule has 0 bridgehead atoms. The van der Waals surface area contributed by atoms with Crippen molar-refractivity contribution >= 4 is 0 Å². The maximum atomic E-state index is 9.70. The van der Waals surface area contributed by atoms with Crippen LogP contribution in [0.5, 0.6) is 0 Å². The van der Waals surface area contributed by atoms with Crippen LogP contribution in [0.3, 0.4) is 0 Å². The molecule has 64 valence electrons. The Kier molecular flexibility index (Phi) is 3.53. The molecule has 0 unspecified atom stereocenters. The molecule has 0 aromatic rings. The molecule has 0 heterocycles. The zero-order valence-corrected chi connectivity index (χ0v) is 8.10. The number of hydrogen-bond donors (Lipinski definition) is 1. The Balaban J connectivity index is 4.48. The zero-order valence-electron chi connectivity index (χ0n) is 8.10. The first-order valence-electron chi connectivity index (χ1n) is 3.88. The van der Waals surface area contributed by atoms with Gasteiger partial charge in [-0.2, -0.15) is 0 Å². The number of rotatable bonds is 2. The zero-order chi connectivity index (χ0) is 9.07. The highest BCUT2D eigenvalue weighted by Crippen LogP contribution is 2.12. The van der Waals surface area contributed by atoms with Gasteiger partial charge in [0.25, 0.3) is 0 Å². The fraction of sp³-hybridized carbons (Fsp3) is 0.600. The quantitative estimate of drug-likeness (QED) is 0.606. The lowest BCUT2D eigenvalue weighted by Crippen LogP contribution is -2.17. The largest absolute Gasteiger partial charge is 0.382 e.